The zero-order valence-corrected chi connectivity index (χ0v) is 14.0. The molecule has 0 bridgehead atoms. The predicted octanol–water partition coefficient (Wildman–Crippen LogP) is 2.94. The summed E-state index contributed by atoms with van der Waals surface area (Å²) in [7, 11) is 1.76. The van der Waals surface area contributed by atoms with Crippen molar-refractivity contribution in [2.24, 2.45) is 0 Å². The molecule has 0 aliphatic carbocycles. The van der Waals surface area contributed by atoms with Crippen LogP contribution in [0.4, 0.5) is 0 Å². The third-order valence-corrected chi connectivity index (χ3v) is 4.35. The van der Waals surface area contributed by atoms with Gasteiger partial charge >= 0.3 is 0 Å². The molecule has 1 aromatic carbocycles. The number of aryl methyl sites for hydroxylation is 1. The van der Waals surface area contributed by atoms with E-state index in [4.69, 9.17) is 0 Å². The molecule has 114 valence electrons. The van der Waals surface area contributed by atoms with E-state index in [0.29, 0.717) is 6.54 Å². The highest BCUT2D eigenvalue weighted by atomic mass is 35.5. The van der Waals surface area contributed by atoms with Gasteiger partial charge < -0.3 is 10.6 Å². The summed E-state index contributed by atoms with van der Waals surface area (Å²) in [6.45, 7) is 4.30. The summed E-state index contributed by atoms with van der Waals surface area (Å²) < 4.78 is 0. The van der Waals surface area contributed by atoms with Crippen molar-refractivity contribution in [3.05, 3.63) is 40.9 Å². The Bertz CT molecular complexity index is 586. The number of amides is 1. The minimum absolute atomic E-state index is 0. The maximum Gasteiger partial charge on any atom is 0.234 e. The molecule has 0 radical (unpaired) electrons. The SMILES string of the molecule is CNCC(=O)NC(C)c1sc(-c2ccccc2)nc1C.Cl. The van der Waals surface area contributed by atoms with Gasteiger partial charge in [-0.05, 0) is 20.9 Å². The minimum atomic E-state index is -0.0224. The van der Waals surface area contributed by atoms with Crippen LogP contribution >= 0.6 is 23.7 Å². The zero-order chi connectivity index (χ0) is 14.5. The van der Waals surface area contributed by atoms with Crippen LogP contribution in [0, 0.1) is 6.92 Å². The van der Waals surface area contributed by atoms with Gasteiger partial charge in [0.2, 0.25) is 5.91 Å². The van der Waals surface area contributed by atoms with Gasteiger partial charge in [0.15, 0.2) is 0 Å². The number of nitrogens with one attached hydrogen (secondary N) is 2. The summed E-state index contributed by atoms with van der Waals surface area (Å²) in [5, 5.41) is 6.81. The maximum atomic E-state index is 11.6. The highest BCUT2D eigenvalue weighted by molar-refractivity contribution is 7.15. The minimum Gasteiger partial charge on any atom is -0.348 e. The van der Waals surface area contributed by atoms with Crippen LogP contribution in [0.3, 0.4) is 0 Å². The number of hydrogen-bond acceptors (Lipinski definition) is 4. The average molecular weight is 326 g/mol. The standard InChI is InChI=1S/C15H19N3OS.ClH/c1-10(17-13(19)9-16-3)14-11(2)18-15(20-14)12-7-5-4-6-8-12;/h4-8,10,16H,9H2,1-3H3,(H,17,19);1H. The van der Waals surface area contributed by atoms with Crippen LogP contribution in [0.2, 0.25) is 0 Å². The van der Waals surface area contributed by atoms with Crippen LogP contribution in [0.5, 0.6) is 0 Å². The van der Waals surface area contributed by atoms with Crippen molar-refractivity contribution in [1.82, 2.24) is 15.6 Å². The number of likely N-dealkylation sites (N-methyl/N-ethyl adjacent to an activating group) is 1. The number of rotatable bonds is 5. The number of carbonyl (C=O) groups excluding carboxylic acids is 1. The van der Waals surface area contributed by atoms with E-state index in [9.17, 15) is 4.79 Å². The fraction of sp³-hybridized carbons (Fsp3) is 0.333. The van der Waals surface area contributed by atoms with Gasteiger partial charge in [0.05, 0.1) is 23.2 Å². The largest absolute Gasteiger partial charge is 0.348 e. The molecule has 0 saturated carbocycles. The first-order valence-corrected chi connectivity index (χ1v) is 7.40. The van der Waals surface area contributed by atoms with Crippen molar-refractivity contribution in [3.63, 3.8) is 0 Å². The van der Waals surface area contributed by atoms with E-state index in [2.05, 4.69) is 15.6 Å². The van der Waals surface area contributed by atoms with Crippen molar-refractivity contribution in [2.45, 2.75) is 19.9 Å². The number of nitrogens with zero attached hydrogens (tertiary/aromatic N) is 1. The molecule has 0 aliphatic rings. The summed E-state index contributed by atoms with van der Waals surface area (Å²) in [4.78, 5) is 17.3. The molecule has 2 N–H and O–H groups in total. The molecule has 1 aromatic heterocycles. The number of hydrogen-bond donors (Lipinski definition) is 2. The van der Waals surface area contributed by atoms with Crippen LogP contribution in [-0.2, 0) is 4.79 Å². The normalized spacial score (nSPS) is 11.6. The molecule has 1 unspecified atom stereocenters. The number of carbonyl (C=O) groups is 1. The first-order chi connectivity index (χ1) is 9.61. The Hall–Kier alpha value is -1.43. The Balaban J connectivity index is 0.00000220. The molecule has 0 aliphatic heterocycles. The summed E-state index contributed by atoms with van der Waals surface area (Å²) >= 11 is 1.63. The van der Waals surface area contributed by atoms with Crippen LogP contribution in [0.15, 0.2) is 30.3 Å². The van der Waals surface area contributed by atoms with E-state index in [-0.39, 0.29) is 24.4 Å². The monoisotopic (exact) mass is 325 g/mol. The second-order valence-electron chi connectivity index (χ2n) is 4.65. The number of halogens is 1. The Morgan fingerprint density at radius 3 is 2.62 bits per heavy atom. The fourth-order valence-electron chi connectivity index (χ4n) is 2.03. The fourth-order valence-corrected chi connectivity index (χ4v) is 3.11. The Labute approximate surface area is 135 Å². The summed E-state index contributed by atoms with van der Waals surface area (Å²) in [6.07, 6.45) is 0. The van der Waals surface area contributed by atoms with E-state index in [0.717, 1.165) is 21.1 Å². The molecular weight excluding hydrogens is 306 g/mol. The first kappa shape index (κ1) is 17.6. The third-order valence-electron chi connectivity index (χ3n) is 2.96. The summed E-state index contributed by atoms with van der Waals surface area (Å²) in [5.74, 6) is -0.00550. The van der Waals surface area contributed by atoms with Crippen LogP contribution < -0.4 is 10.6 Å². The van der Waals surface area contributed by atoms with E-state index >= 15 is 0 Å². The molecule has 0 saturated heterocycles. The van der Waals surface area contributed by atoms with Gasteiger partial charge in [-0.25, -0.2) is 4.98 Å². The first-order valence-electron chi connectivity index (χ1n) is 6.58. The molecule has 0 fully saturated rings. The van der Waals surface area contributed by atoms with Gasteiger partial charge in [0.25, 0.3) is 0 Å². The Kier molecular flexibility index (Phi) is 6.81. The number of benzene rings is 1. The average Bonchev–Trinajstić information content (AvgIpc) is 2.82. The maximum absolute atomic E-state index is 11.6. The highest BCUT2D eigenvalue weighted by Crippen LogP contribution is 2.31. The second-order valence-corrected chi connectivity index (χ2v) is 5.68. The highest BCUT2D eigenvalue weighted by Gasteiger charge is 2.16. The summed E-state index contributed by atoms with van der Waals surface area (Å²) in [5.41, 5.74) is 2.09. The molecular formula is C15H20ClN3OS. The Morgan fingerprint density at radius 1 is 1.33 bits per heavy atom. The Morgan fingerprint density at radius 2 is 2.00 bits per heavy atom. The van der Waals surface area contributed by atoms with Gasteiger partial charge in [0, 0.05) is 5.56 Å². The quantitative estimate of drug-likeness (QED) is 0.888. The lowest BCUT2D eigenvalue weighted by Gasteiger charge is -2.12. The molecule has 0 spiro atoms. The second kappa shape index (κ2) is 8.12. The number of thiazole rings is 1. The van der Waals surface area contributed by atoms with Crippen molar-refractivity contribution in [3.8, 4) is 10.6 Å². The van der Waals surface area contributed by atoms with Crippen molar-refractivity contribution >= 4 is 29.7 Å². The van der Waals surface area contributed by atoms with E-state index < -0.39 is 0 Å². The smallest absolute Gasteiger partial charge is 0.234 e. The third kappa shape index (κ3) is 4.52. The summed E-state index contributed by atoms with van der Waals surface area (Å²) in [6, 6.07) is 10.1. The van der Waals surface area contributed by atoms with E-state index in [1.54, 1.807) is 18.4 Å². The lowest BCUT2D eigenvalue weighted by molar-refractivity contribution is -0.120. The molecule has 1 heterocycles. The van der Waals surface area contributed by atoms with E-state index in [1.165, 1.54) is 0 Å². The zero-order valence-electron chi connectivity index (χ0n) is 12.3. The predicted molar refractivity (Wildman–Crippen MR) is 90.0 cm³/mol. The molecule has 6 heteroatoms. The van der Waals surface area contributed by atoms with Gasteiger partial charge in [-0.3, -0.25) is 4.79 Å². The van der Waals surface area contributed by atoms with Crippen molar-refractivity contribution < 1.29 is 4.79 Å². The van der Waals surface area contributed by atoms with Gasteiger partial charge in [-0.2, -0.15) is 0 Å². The molecule has 2 rings (SSSR count). The molecule has 1 amide bonds. The molecule has 2 aromatic rings. The van der Waals surface area contributed by atoms with Crippen LogP contribution in [0.1, 0.15) is 23.5 Å². The van der Waals surface area contributed by atoms with Crippen LogP contribution in [-0.4, -0.2) is 24.5 Å². The lowest BCUT2D eigenvalue weighted by atomic mass is 10.2. The topological polar surface area (TPSA) is 54.0 Å². The number of aromatic nitrogens is 1. The van der Waals surface area contributed by atoms with Crippen molar-refractivity contribution in [2.75, 3.05) is 13.6 Å². The molecule has 4 nitrogen and oxygen atoms in total. The van der Waals surface area contributed by atoms with Gasteiger partial charge in [-0.1, -0.05) is 30.3 Å². The van der Waals surface area contributed by atoms with E-state index in [1.807, 2.05) is 44.2 Å². The molecule has 1 atom stereocenters. The lowest BCUT2D eigenvalue weighted by Crippen LogP contribution is -2.33. The van der Waals surface area contributed by atoms with Gasteiger partial charge in [0.1, 0.15) is 5.01 Å². The van der Waals surface area contributed by atoms with Crippen LogP contribution in [0.25, 0.3) is 10.6 Å². The van der Waals surface area contributed by atoms with Crippen molar-refractivity contribution in [1.29, 1.82) is 0 Å². The van der Waals surface area contributed by atoms with Gasteiger partial charge in [-0.15, -0.1) is 23.7 Å². The molecule has 21 heavy (non-hydrogen) atoms.